The van der Waals surface area contributed by atoms with E-state index in [4.69, 9.17) is 9.52 Å². The van der Waals surface area contributed by atoms with Gasteiger partial charge in [-0.3, -0.25) is 0 Å². The number of hydrogen-bond donors (Lipinski definition) is 2. The molecule has 1 aromatic carbocycles. The fourth-order valence-corrected chi connectivity index (χ4v) is 1.67. The minimum atomic E-state index is 0.0966. The van der Waals surface area contributed by atoms with Crippen LogP contribution < -0.4 is 5.32 Å². The molecule has 90 valence electrons. The number of benzene rings is 1. The molecule has 3 nitrogen and oxygen atoms in total. The SMILES string of the molecule is Cc1ccc(CNCc2ccc(CO)cc2)o1. The van der Waals surface area contributed by atoms with Crippen LogP contribution in [-0.2, 0) is 19.7 Å². The molecule has 2 N–H and O–H groups in total. The molecule has 0 atom stereocenters. The summed E-state index contributed by atoms with van der Waals surface area (Å²) >= 11 is 0. The highest BCUT2D eigenvalue weighted by Gasteiger charge is 1.98. The number of aryl methyl sites for hydroxylation is 1. The van der Waals surface area contributed by atoms with Crippen LogP contribution in [-0.4, -0.2) is 5.11 Å². The Morgan fingerprint density at radius 1 is 1.00 bits per heavy atom. The van der Waals surface area contributed by atoms with Crippen molar-refractivity contribution < 1.29 is 9.52 Å². The minimum Gasteiger partial charge on any atom is -0.465 e. The van der Waals surface area contributed by atoms with Gasteiger partial charge in [0.25, 0.3) is 0 Å². The van der Waals surface area contributed by atoms with Crippen LogP contribution in [0, 0.1) is 6.92 Å². The molecule has 2 aromatic rings. The lowest BCUT2D eigenvalue weighted by Gasteiger charge is -2.04. The standard InChI is InChI=1S/C14H17NO2/c1-11-2-7-14(17-11)9-15-8-12-3-5-13(10-16)6-4-12/h2-7,15-16H,8-10H2,1H3. The lowest BCUT2D eigenvalue weighted by Crippen LogP contribution is -2.12. The van der Waals surface area contributed by atoms with Gasteiger partial charge in [0.1, 0.15) is 11.5 Å². The molecular formula is C14H17NO2. The Balaban J connectivity index is 1.81. The van der Waals surface area contributed by atoms with Crippen LogP contribution in [0.1, 0.15) is 22.6 Å². The van der Waals surface area contributed by atoms with E-state index in [0.29, 0.717) is 0 Å². The zero-order chi connectivity index (χ0) is 12.1. The molecule has 2 rings (SSSR count). The second kappa shape index (κ2) is 5.66. The van der Waals surface area contributed by atoms with E-state index in [2.05, 4.69) is 5.32 Å². The van der Waals surface area contributed by atoms with Gasteiger partial charge in [0, 0.05) is 6.54 Å². The van der Waals surface area contributed by atoms with Gasteiger partial charge in [-0.05, 0) is 30.2 Å². The van der Waals surface area contributed by atoms with Gasteiger partial charge in [-0.25, -0.2) is 0 Å². The monoisotopic (exact) mass is 231 g/mol. The van der Waals surface area contributed by atoms with E-state index in [0.717, 1.165) is 30.2 Å². The summed E-state index contributed by atoms with van der Waals surface area (Å²) in [5.41, 5.74) is 2.14. The maximum Gasteiger partial charge on any atom is 0.117 e. The average Bonchev–Trinajstić information content (AvgIpc) is 2.76. The molecule has 0 bridgehead atoms. The molecule has 1 aromatic heterocycles. The van der Waals surface area contributed by atoms with Gasteiger partial charge in [-0.1, -0.05) is 24.3 Å². The summed E-state index contributed by atoms with van der Waals surface area (Å²) < 4.78 is 5.46. The topological polar surface area (TPSA) is 45.4 Å². The van der Waals surface area contributed by atoms with Crippen LogP contribution in [0.3, 0.4) is 0 Å². The van der Waals surface area contributed by atoms with Crippen molar-refractivity contribution in [3.05, 3.63) is 59.0 Å². The van der Waals surface area contributed by atoms with Gasteiger partial charge in [0.2, 0.25) is 0 Å². The van der Waals surface area contributed by atoms with Gasteiger partial charge < -0.3 is 14.8 Å². The predicted molar refractivity (Wildman–Crippen MR) is 66.4 cm³/mol. The molecule has 0 saturated heterocycles. The third-order valence-electron chi connectivity index (χ3n) is 2.63. The molecule has 3 heteroatoms. The summed E-state index contributed by atoms with van der Waals surface area (Å²) in [4.78, 5) is 0. The van der Waals surface area contributed by atoms with Crippen molar-refractivity contribution in [2.45, 2.75) is 26.6 Å². The fourth-order valence-electron chi connectivity index (χ4n) is 1.67. The second-order valence-electron chi connectivity index (χ2n) is 4.09. The summed E-state index contributed by atoms with van der Waals surface area (Å²) in [6.07, 6.45) is 0. The van der Waals surface area contributed by atoms with Crippen molar-refractivity contribution in [3.8, 4) is 0 Å². The third kappa shape index (κ3) is 3.44. The van der Waals surface area contributed by atoms with Gasteiger partial charge in [-0.2, -0.15) is 0 Å². The average molecular weight is 231 g/mol. The highest BCUT2D eigenvalue weighted by molar-refractivity contribution is 5.21. The Bertz CT molecular complexity index is 459. The minimum absolute atomic E-state index is 0.0966. The highest BCUT2D eigenvalue weighted by atomic mass is 16.3. The van der Waals surface area contributed by atoms with Crippen LogP contribution in [0.2, 0.25) is 0 Å². The van der Waals surface area contributed by atoms with Gasteiger partial charge in [0.15, 0.2) is 0 Å². The summed E-state index contributed by atoms with van der Waals surface area (Å²) in [5, 5.41) is 12.2. The van der Waals surface area contributed by atoms with Crippen molar-refractivity contribution in [2.75, 3.05) is 0 Å². The Labute approximate surface area is 101 Å². The van der Waals surface area contributed by atoms with E-state index in [9.17, 15) is 0 Å². The first-order valence-corrected chi connectivity index (χ1v) is 5.72. The molecule has 0 fully saturated rings. The maximum atomic E-state index is 8.93. The summed E-state index contributed by atoms with van der Waals surface area (Å²) in [7, 11) is 0. The Morgan fingerprint density at radius 3 is 2.29 bits per heavy atom. The molecule has 0 unspecified atom stereocenters. The van der Waals surface area contributed by atoms with Crippen molar-refractivity contribution in [3.63, 3.8) is 0 Å². The normalized spacial score (nSPS) is 10.7. The lowest BCUT2D eigenvalue weighted by molar-refractivity contribution is 0.282. The van der Waals surface area contributed by atoms with Crippen LogP contribution in [0.4, 0.5) is 0 Å². The first kappa shape index (κ1) is 11.9. The largest absolute Gasteiger partial charge is 0.465 e. The number of furan rings is 1. The molecule has 0 aliphatic rings. The van der Waals surface area contributed by atoms with E-state index < -0.39 is 0 Å². The van der Waals surface area contributed by atoms with Crippen molar-refractivity contribution >= 4 is 0 Å². The molecule has 1 heterocycles. The number of hydrogen-bond acceptors (Lipinski definition) is 3. The highest BCUT2D eigenvalue weighted by Crippen LogP contribution is 2.07. The Kier molecular flexibility index (Phi) is 3.96. The molecule has 0 aliphatic heterocycles. The summed E-state index contributed by atoms with van der Waals surface area (Å²) in [6, 6.07) is 11.9. The van der Waals surface area contributed by atoms with Crippen LogP contribution >= 0.6 is 0 Å². The fraction of sp³-hybridized carbons (Fsp3) is 0.286. The number of nitrogens with one attached hydrogen (secondary N) is 1. The zero-order valence-electron chi connectivity index (χ0n) is 9.94. The lowest BCUT2D eigenvalue weighted by atomic mass is 10.1. The molecular weight excluding hydrogens is 214 g/mol. The van der Waals surface area contributed by atoms with Crippen molar-refractivity contribution in [1.29, 1.82) is 0 Å². The van der Waals surface area contributed by atoms with Gasteiger partial charge in [0.05, 0.1) is 13.2 Å². The second-order valence-corrected chi connectivity index (χ2v) is 4.09. The first-order valence-electron chi connectivity index (χ1n) is 5.72. The Hall–Kier alpha value is -1.58. The molecule has 0 amide bonds. The molecule has 0 aliphatic carbocycles. The molecule has 0 saturated carbocycles. The Morgan fingerprint density at radius 2 is 1.71 bits per heavy atom. The molecule has 17 heavy (non-hydrogen) atoms. The van der Waals surface area contributed by atoms with E-state index in [1.807, 2.05) is 43.3 Å². The van der Waals surface area contributed by atoms with Crippen molar-refractivity contribution in [2.24, 2.45) is 0 Å². The van der Waals surface area contributed by atoms with Gasteiger partial charge in [-0.15, -0.1) is 0 Å². The van der Waals surface area contributed by atoms with Crippen LogP contribution in [0.5, 0.6) is 0 Å². The van der Waals surface area contributed by atoms with Crippen molar-refractivity contribution in [1.82, 2.24) is 5.32 Å². The maximum absolute atomic E-state index is 8.93. The third-order valence-corrected chi connectivity index (χ3v) is 2.63. The summed E-state index contributed by atoms with van der Waals surface area (Å²) in [6.45, 7) is 3.57. The summed E-state index contributed by atoms with van der Waals surface area (Å²) in [5.74, 6) is 1.89. The molecule has 0 radical (unpaired) electrons. The smallest absolute Gasteiger partial charge is 0.117 e. The molecule has 0 spiro atoms. The zero-order valence-corrected chi connectivity index (χ0v) is 9.94. The predicted octanol–water partition coefficient (Wildman–Crippen LogP) is 2.37. The van der Waals surface area contributed by atoms with E-state index in [1.165, 1.54) is 5.56 Å². The van der Waals surface area contributed by atoms with Crippen LogP contribution in [0.25, 0.3) is 0 Å². The first-order chi connectivity index (χ1) is 8.28. The van der Waals surface area contributed by atoms with E-state index in [1.54, 1.807) is 0 Å². The quantitative estimate of drug-likeness (QED) is 0.830. The van der Waals surface area contributed by atoms with Crippen LogP contribution in [0.15, 0.2) is 40.8 Å². The number of aliphatic hydroxyl groups is 1. The van der Waals surface area contributed by atoms with Gasteiger partial charge >= 0.3 is 0 Å². The number of rotatable bonds is 5. The van der Waals surface area contributed by atoms with E-state index in [-0.39, 0.29) is 6.61 Å². The number of aliphatic hydroxyl groups excluding tert-OH is 1. The van der Waals surface area contributed by atoms with E-state index >= 15 is 0 Å².